The molecule has 0 fully saturated rings. The first-order valence-electron chi connectivity index (χ1n) is 9.03. The Kier molecular flexibility index (Phi) is 6.66. The summed E-state index contributed by atoms with van der Waals surface area (Å²) in [6, 6.07) is 10.1. The van der Waals surface area contributed by atoms with Crippen LogP contribution in [0.4, 0.5) is 0 Å². The van der Waals surface area contributed by atoms with E-state index in [9.17, 15) is 9.59 Å². The molecule has 8 heteroatoms. The summed E-state index contributed by atoms with van der Waals surface area (Å²) in [4.78, 5) is 25.2. The average molecular weight is 414 g/mol. The van der Waals surface area contributed by atoms with E-state index in [1.165, 1.54) is 18.4 Å². The highest BCUT2D eigenvalue weighted by Crippen LogP contribution is 2.23. The minimum absolute atomic E-state index is 0.0708. The number of aromatic nitrogens is 1. The molecule has 0 aliphatic carbocycles. The highest BCUT2D eigenvalue weighted by Gasteiger charge is 2.20. The molecule has 0 bridgehead atoms. The van der Waals surface area contributed by atoms with E-state index >= 15 is 0 Å². The zero-order valence-electron chi connectivity index (χ0n) is 16.4. The first-order chi connectivity index (χ1) is 14.0. The van der Waals surface area contributed by atoms with Crippen molar-refractivity contribution in [2.75, 3.05) is 7.11 Å². The number of carbonyl (C=O) groups excluding carboxylic acids is 2. The highest BCUT2D eigenvalue weighted by atomic mass is 32.1. The maximum Gasteiger partial charge on any atom is 0.307 e. The molecular formula is C21H22N2O5S. The predicted octanol–water partition coefficient (Wildman–Crippen LogP) is 3.97. The smallest absolute Gasteiger partial charge is 0.307 e. The van der Waals surface area contributed by atoms with Gasteiger partial charge >= 0.3 is 5.97 Å². The third kappa shape index (κ3) is 5.23. The molecule has 3 rings (SSSR count). The molecule has 0 aliphatic rings. The van der Waals surface area contributed by atoms with Gasteiger partial charge in [0.25, 0.3) is 5.91 Å². The summed E-state index contributed by atoms with van der Waals surface area (Å²) in [5, 5.41) is 8.70. The van der Waals surface area contributed by atoms with Gasteiger partial charge in [-0.1, -0.05) is 11.2 Å². The Morgan fingerprint density at radius 1 is 1.21 bits per heavy atom. The lowest BCUT2D eigenvalue weighted by Crippen LogP contribution is -2.30. The van der Waals surface area contributed by atoms with Crippen molar-refractivity contribution in [1.82, 2.24) is 10.5 Å². The van der Waals surface area contributed by atoms with Crippen molar-refractivity contribution in [2.45, 2.75) is 32.9 Å². The molecule has 0 spiro atoms. The van der Waals surface area contributed by atoms with Gasteiger partial charge < -0.3 is 19.3 Å². The number of methoxy groups -OCH3 is 1. The zero-order chi connectivity index (χ0) is 20.8. The summed E-state index contributed by atoms with van der Waals surface area (Å²) in [6.45, 7) is 4.04. The van der Waals surface area contributed by atoms with E-state index in [-0.39, 0.29) is 18.3 Å². The summed E-state index contributed by atoms with van der Waals surface area (Å²) in [5.74, 6) is 0.700. The standard InChI is InChI=1S/C21H22N2O5S/c1-13-17(14(2)28-23-13)12-27-16-8-6-15(7-9-16)21(25)22-18(11-20(24)26-3)19-5-4-10-29-19/h4-10,18H,11-12H2,1-3H3,(H,22,25)/t18-/m0/s1. The topological polar surface area (TPSA) is 90.7 Å². The van der Waals surface area contributed by atoms with Gasteiger partial charge in [-0.3, -0.25) is 9.59 Å². The van der Waals surface area contributed by atoms with Crippen molar-refractivity contribution in [3.8, 4) is 5.75 Å². The fourth-order valence-electron chi connectivity index (χ4n) is 2.77. The predicted molar refractivity (Wildman–Crippen MR) is 108 cm³/mol. The van der Waals surface area contributed by atoms with Crippen molar-refractivity contribution in [3.05, 3.63) is 69.2 Å². The number of ether oxygens (including phenoxy) is 2. The number of thiophene rings is 1. The fraction of sp³-hybridized carbons (Fsp3) is 0.286. The van der Waals surface area contributed by atoms with Crippen LogP contribution in [0.25, 0.3) is 0 Å². The Bertz CT molecular complexity index is 944. The van der Waals surface area contributed by atoms with Gasteiger partial charge in [-0.25, -0.2) is 0 Å². The van der Waals surface area contributed by atoms with Crippen molar-refractivity contribution in [3.63, 3.8) is 0 Å². The number of esters is 1. The van der Waals surface area contributed by atoms with Gasteiger partial charge in [0, 0.05) is 10.4 Å². The van der Waals surface area contributed by atoms with Crippen LogP contribution < -0.4 is 10.1 Å². The Labute approximate surface area is 172 Å². The molecule has 1 atom stereocenters. The Morgan fingerprint density at radius 3 is 2.55 bits per heavy atom. The van der Waals surface area contributed by atoms with Crippen molar-refractivity contribution < 1.29 is 23.6 Å². The van der Waals surface area contributed by atoms with Crippen LogP contribution in [0.3, 0.4) is 0 Å². The molecule has 152 valence electrons. The first kappa shape index (κ1) is 20.6. The lowest BCUT2D eigenvalue weighted by molar-refractivity contribution is -0.141. The summed E-state index contributed by atoms with van der Waals surface area (Å²) >= 11 is 1.48. The molecule has 0 saturated heterocycles. The van der Waals surface area contributed by atoms with Gasteiger partial charge in [0.2, 0.25) is 0 Å². The van der Waals surface area contributed by atoms with Crippen LogP contribution in [0, 0.1) is 13.8 Å². The van der Waals surface area contributed by atoms with Gasteiger partial charge in [-0.2, -0.15) is 0 Å². The molecule has 0 saturated carbocycles. The molecule has 0 aliphatic heterocycles. The number of aryl methyl sites for hydroxylation is 2. The Balaban J connectivity index is 1.63. The van der Waals surface area contributed by atoms with Crippen molar-refractivity contribution in [2.24, 2.45) is 0 Å². The quantitative estimate of drug-likeness (QED) is 0.561. The largest absolute Gasteiger partial charge is 0.489 e. The monoisotopic (exact) mass is 414 g/mol. The lowest BCUT2D eigenvalue weighted by atomic mass is 10.1. The van der Waals surface area contributed by atoms with E-state index in [0.717, 1.165) is 21.9 Å². The molecule has 0 unspecified atom stereocenters. The van der Waals surface area contributed by atoms with Crippen LogP contribution in [0.15, 0.2) is 46.3 Å². The second kappa shape index (κ2) is 9.38. The van der Waals surface area contributed by atoms with Gasteiger partial charge in [0.15, 0.2) is 0 Å². The SMILES string of the molecule is COC(=O)C[C@H](NC(=O)c1ccc(OCc2c(C)noc2C)cc1)c1cccs1. The minimum Gasteiger partial charge on any atom is -0.489 e. The minimum atomic E-state index is -0.439. The summed E-state index contributed by atoms with van der Waals surface area (Å²) < 4.78 is 15.6. The van der Waals surface area contributed by atoms with Crippen LogP contribution in [-0.4, -0.2) is 24.1 Å². The first-order valence-corrected chi connectivity index (χ1v) is 9.91. The van der Waals surface area contributed by atoms with E-state index in [4.69, 9.17) is 14.0 Å². The lowest BCUT2D eigenvalue weighted by Gasteiger charge is -2.16. The molecule has 1 aromatic carbocycles. The van der Waals surface area contributed by atoms with Crippen LogP contribution in [0.1, 0.15) is 44.7 Å². The zero-order valence-corrected chi connectivity index (χ0v) is 17.2. The Morgan fingerprint density at radius 2 is 1.97 bits per heavy atom. The van der Waals surface area contributed by atoms with Gasteiger partial charge in [-0.05, 0) is 49.6 Å². The third-order valence-corrected chi connectivity index (χ3v) is 5.46. The molecule has 1 amide bonds. The number of hydrogen-bond donors (Lipinski definition) is 1. The van der Waals surface area contributed by atoms with E-state index in [1.807, 2.05) is 31.4 Å². The molecule has 1 N–H and O–H groups in total. The van der Waals surface area contributed by atoms with E-state index in [1.54, 1.807) is 24.3 Å². The average Bonchev–Trinajstić information content (AvgIpc) is 3.37. The number of carbonyl (C=O) groups is 2. The van der Waals surface area contributed by atoms with Gasteiger partial charge in [0.05, 0.1) is 30.8 Å². The summed E-state index contributed by atoms with van der Waals surface area (Å²) in [7, 11) is 1.33. The normalized spacial score (nSPS) is 11.7. The van der Waals surface area contributed by atoms with Crippen LogP contribution in [0.2, 0.25) is 0 Å². The van der Waals surface area contributed by atoms with E-state index in [0.29, 0.717) is 17.9 Å². The van der Waals surface area contributed by atoms with Crippen molar-refractivity contribution in [1.29, 1.82) is 0 Å². The maximum atomic E-state index is 12.6. The molecular weight excluding hydrogens is 392 g/mol. The number of amides is 1. The van der Waals surface area contributed by atoms with E-state index < -0.39 is 6.04 Å². The molecule has 3 aromatic rings. The highest BCUT2D eigenvalue weighted by molar-refractivity contribution is 7.10. The molecule has 2 heterocycles. The van der Waals surface area contributed by atoms with Crippen LogP contribution in [0.5, 0.6) is 5.75 Å². The number of benzene rings is 1. The van der Waals surface area contributed by atoms with Crippen LogP contribution >= 0.6 is 11.3 Å². The second-order valence-electron chi connectivity index (χ2n) is 6.44. The fourth-order valence-corrected chi connectivity index (χ4v) is 3.55. The van der Waals surface area contributed by atoms with Gasteiger partial charge in [-0.15, -0.1) is 11.3 Å². The Hall–Kier alpha value is -3.13. The molecule has 2 aromatic heterocycles. The second-order valence-corrected chi connectivity index (χ2v) is 7.42. The molecule has 29 heavy (non-hydrogen) atoms. The maximum absolute atomic E-state index is 12.6. The molecule has 0 radical (unpaired) electrons. The third-order valence-electron chi connectivity index (χ3n) is 4.47. The summed E-state index contributed by atoms with van der Waals surface area (Å²) in [5.41, 5.74) is 2.18. The number of nitrogens with one attached hydrogen (secondary N) is 1. The van der Waals surface area contributed by atoms with Gasteiger partial charge in [0.1, 0.15) is 18.1 Å². The summed E-state index contributed by atoms with van der Waals surface area (Å²) in [6.07, 6.45) is 0.0708. The van der Waals surface area contributed by atoms with Crippen LogP contribution in [-0.2, 0) is 16.1 Å². The van der Waals surface area contributed by atoms with E-state index in [2.05, 4.69) is 10.5 Å². The molecule has 7 nitrogen and oxygen atoms in total. The van der Waals surface area contributed by atoms with Crippen molar-refractivity contribution >= 4 is 23.2 Å². The number of rotatable bonds is 8. The number of nitrogens with zero attached hydrogens (tertiary/aromatic N) is 1. The number of hydrogen-bond acceptors (Lipinski definition) is 7.